The lowest BCUT2D eigenvalue weighted by Gasteiger charge is -2.26. The number of likely N-dealkylation sites (N-methyl/N-ethyl adjacent to an activating group) is 1. The largest absolute Gasteiger partial charge is 0.468 e. The summed E-state index contributed by atoms with van der Waals surface area (Å²) >= 11 is 0. The first-order valence-electron chi connectivity index (χ1n) is 13.0. The van der Waals surface area contributed by atoms with Crippen LogP contribution in [0.5, 0.6) is 0 Å². The number of nitrogens with one attached hydrogen (secondary N) is 2. The Hall–Kier alpha value is -3.02. The molecule has 2 aromatic rings. The van der Waals surface area contributed by atoms with Gasteiger partial charge in [0.15, 0.2) is 0 Å². The fourth-order valence-corrected chi connectivity index (χ4v) is 4.13. The van der Waals surface area contributed by atoms with Crippen molar-refractivity contribution < 1.29 is 19.1 Å². The fraction of sp³-hybridized carbons (Fsp3) is 0.467. The Labute approximate surface area is 221 Å². The highest BCUT2D eigenvalue weighted by Gasteiger charge is 2.29. The number of hydrogen-bond donors (Lipinski definition) is 2. The first-order chi connectivity index (χ1) is 18.1. The summed E-state index contributed by atoms with van der Waals surface area (Å²) in [7, 11) is 3.22. The molecule has 200 valence electrons. The summed E-state index contributed by atoms with van der Waals surface area (Å²) in [5.41, 5.74) is 3.87. The molecule has 0 bridgehead atoms. The summed E-state index contributed by atoms with van der Waals surface area (Å²) in [6.07, 6.45) is 1.88. The number of nitrogens with zero attached hydrogens (tertiary/aromatic N) is 1. The normalized spacial score (nSPS) is 17.6. The van der Waals surface area contributed by atoms with Gasteiger partial charge < -0.3 is 20.1 Å². The van der Waals surface area contributed by atoms with E-state index < -0.39 is 0 Å². The molecule has 2 atom stereocenters. The highest BCUT2D eigenvalue weighted by atomic mass is 16.5. The number of methoxy groups -OCH3 is 1. The van der Waals surface area contributed by atoms with Crippen LogP contribution >= 0.6 is 0 Å². The molecule has 0 aliphatic carbocycles. The van der Waals surface area contributed by atoms with E-state index in [2.05, 4.69) is 56.4 Å². The molecule has 2 N–H and O–H groups in total. The molecule has 0 saturated carbocycles. The van der Waals surface area contributed by atoms with Crippen LogP contribution in [0, 0.1) is 17.8 Å². The highest BCUT2D eigenvalue weighted by molar-refractivity contribution is 5.76. The van der Waals surface area contributed by atoms with Crippen molar-refractivity contribution in [1.82, 2.24) is 15.5 Å². The van der Waals surface area contributed by atoms with E-state index in [1.54, 1.807) is 19.2 Å². The minimum Gasteiger partial charge on any atom is -0.468 e. The number of rotatable bonds is 6. The molecular formula is C30H41N3O4. The lowest BCUT2D eigenvalue weighted by atomic mass is 9.99. The average molecular weight is 508 g/mol. The maximum absolute atomic E-state index is 11.2. The maximum atomic E-state index is 11.2. The van der Waals surface area contributed by atoms with E-state index in [9.17, 15) is 9.59 Å². The van der Waals surface area contributed by atoms with Gasteiger partial charge in [0, 0.05) is 42.9 Å². The highest BCUT2D eigenvalue weighted by Crippen LogP contribution is 2.13. The third kappa shape index (κ3) is 10.5. The Morgan fingerprint density at radius 1 is 1.11 bits per heavy atom. The zero-order valence-corrected chi connectivity index (χ0v) is 22.6. The van der Waals surface area contributed by atoms with Crippen LogP contribution < -0.4 is 10.6 Å². The summed E-state index contributed by atoms with van der Waals surface area (Å²) in [5.74, 6) is 6.49. The van der Waals surface area contributed by atoms with Crippen molar-refractivity contribution in [2.45, 2.75) is 32.9 Å². The molecule has 2 aliphatic heterocycles. The van der Waals surface area contributed by atoms with E-state index in [-0.39, 0.29) is 12.0 Å². The van der Waals surface area contributed by atoms with E-state index in [4.69, 9.17) is 4.74 Å². The number of ether oxygens (including phenoxy) is 2. The maximum Gasteiger partial charge on any atom is 0.323 e. The summed E-state index contributed by atoms with van der Waals surface area (Å²) in [6.45, 7) is 10.5. The van der Waals surface area contributed by atoms with Gasteiger partial charge in [0.1, 0.15) is 12.3 Å². The third-order valence-corrected chi connectivity index (χ3v) is 6.20. The number of carbonyl (C=O) groups excluding carboxylic acids is 2. The molecule has 37 heavy (non-hydrogen) atoms. The second kappa shape index (κ2) is 17.4. The number of esters is 1. The molecule has 7 nitrogen and oxygen atoms in total. The minimum absolute atomic E-state index is 0.148. The minimum atomic E-state index is -0.161. The molecule has 0 aromatic heterocycles. The number of hydrogen-bond acceptors (Lipinski definition) is 7. The molecule has 2 aromatic carbocycles. The Morgan fingerprint density at radius 3 is 2.19 bits per heavy atom. The standard InChI is InChI=1S/C20H19NO2.C8H16N2O2.C2H6/c22-16-20-9-5-18(6-10-20)2-1-17-3-7-19(8-4-17)15-21-11-13-23-14-12-21;1-9-7(8(11)12-2)6-3-4-10-5-6;1-2/h3-10,16H,11-15H2;6-7,9-10H,3-5H2,1-2H3;1-2H3. The topological polar surface area (TPSA) is 79.9 Å². The number of carbonyl (C=O) groups is 2. The van der Waals surface area contributed by atoms with Crippen LogP contribution in [0.2, 0.25) is 0 Å². The van der Waals surface area contributed by atoms with E-state index in [1.807, 2.05) is 26.0 Å². The van der Waals surface area contributed by atoms with Crippen molar-refractivity contribution >= 4 is 12.3 Å². The lowest BCUT2D eigenvalue weighted by Crippen LogP contribution is -2.42. The molecule has 7 heteroatoms. The Balaban J connectivity index is 0.000000291. The molecule has 2 fully saturated rings. The van der Waals surface area contributed by atoms with Gasteiger partial charge in [-0.2, -0.15) is 0 Å². The van der Waals surface area contributed by atoms with Crippen molar-refractivity contribution in [3.8, 4) is 11.8 Å². The van der Waals surface area contributed by atoms with E-state index in [0.717, 1.165) is 69.8 Å². The van der Waals surface area contributed by atoms with Crippen molar-refractivity contribution in [3.05, 3.63) is 70.8 Å². The fourth-order valence-electron chi connectivity index (χ4n) is 4.13. The molecule has 0 radical (unpaired) electrons. The predicted molar refractivity (Wildman–Crippen MR) is 148 cm³/mol. The molecule has 0 spiro atoms. The monoisotopic (exact) mass is 507 g/mol. The van der Waals surface area contributed by atoms with Gasteiger partial charge in [0.05, 0.1) is 20.3 Å². The smallest absolute Gasteiger partial charge is 0.323 e. The zero-order valence-electron chi connectivity index (χ0n) is 22.6. The van der Waals surface area contributed by atoms with Crippen LogP contribution in [-0.2, 0) is 20.8 Å². The number of aldehydes is 1. The lowest BCUT2D eigenvalue weighted by molar-refractivity contribution is -0.144. The molecule has 2 heterocycles. The van der Waals surface area contributed by atoms with Crippen LogP contribution in [0.15, 0.2) is 48.5 Å². The quantitative estimate of drug-likeness (QED) is 0.353. The van der Waals surface area contributed by atoms with Gasteiger partial charge in [-0.25, -0.2) is 0 Å². The molecule has 2 unspecified atom stereocenters. The van der Waals surface area contributed by atoms with Gasteiger partial charge in [-0.05, 0) is 55.8 Å². The van der Waals surface area contributed by atoms with Crippen LogP contribution in [0.1, 0.15) is 47.3 Å². The SMILES string of the molecule is CC.CNC(C(=O)OC)C1CCNC1.O=Cc1ccc(C#Cc2ccc(CN3CCOCC3)cc2)cc1. The molecular weight excluding hydrogens is 466 g/mol. The van der Waals surface area contributed by atoms with Crippen molar-refractivity contribution in [3.63, 3.8) is 0 Å². The van der Waals surface area contributed by atoms with Gasteiger partial charge in [0.2, 0.25) is 0 Å². The first kappa shape index (κ1) is 30.2. The Bertz CT molecular complexity index is 984. The van der Waals surface area contributed by atoms with Gasteiger partial charge >= 0.3 is 5.97 Å². The van der Waals surface area contributed by atoms with Crippen molar-refractivity contribution in [2.24, 2.45) is 5.92 Å². The van der Waals surface area contributed by atoms with Crippen LogP contribution in [0.25, 0.3) is 0 Å². The van der Waals surface area contributed by atoms with Crippen molar-refractivity contribution in [1.29, 1.82) is 0 Å². The zero-order chi connectivity index (χ0) is 26.9. The Morgan fingerprint density at radius 2 is 1.70 bits per heavy atom. The second-order valence-corrected chi connectivity index (χ2v) is 8.62. The summed E-state index contributed by atoms with van der Waals surface area (Å²) < 4.78 is 10.1. The van der Waals surface area contributed by atoms with E-state index >= 15 is 0 Å². The number of benzene rings is 2. The van der Waals surface area contributed by atoms with Crippen LogP contribution in [0.4, 0.5) is 0 Å². The summed E-state index contributed by atoms with van der Waals surface area (Å²) in [6, 6.07) is 15.5. The van der Waals surface area contributed by atoms with Gasteiger partial charge in [-0.3, -0.25) is 14.5 Å². The van der Waals surface area contributed by atoms with E-state index in [0.29, 0.717) is 11.5 Å². The van der Waals surface area contributed by atoms with Crippen LogP contribution in [-0.4, -0.2) is 76.7 Å². The molecule has 2 aliphatic rings. The Kier molecular flexibility index (Phi) is 14.2. The summed E-state index contributed by atoms with van der Waals surface area (Å²) in [5, 5.41) is 6.20. The molecule has 2 saturated heterocycles. The molecule has 0 amide bonds. The molecule has 4 rings (SSSR count). The van der Waals surface area contributed by atoms with E-state index in [1.165, 1.54) is 12.7 Å². The average Bonchev–Trinajstić information content (AvgIpc) is 3.50. The van der Waals surface area contributed by atoms with Crippen LogP contribution in [0.3, 0.4) is 0 Å². The number of morpholine rings is 1. The summed E-state index contributed by atoms with van der Waals surface area (Å²) in [4.78, 5) is 24.2. The van der Waals surface area contributed by atoms with Crippen molar-refractivity contribution in [2.75, 3.05) is 53.6 Å². The second-order valence-electron chi connectivity index (χ2n) is 8.62. The predicted octanol–water partition coefficient (Wildman–Crippen LogP) is 3.11. The van der Waals surface area contributed by atoms with Gasteiger partial charge in [0.25, 0.3) is 0 Å². The first-order valence-corrected chi connectivity index (χ1v) is 13.0. The third-order valence-electron chi connectivity index (χ3n) is 6.20. The van der Waals surface area contributed by atoms with Gasteiger partial charge in [-0.15, -0.1) is 0 Å². The van der Waals surface area contributed by atoms with Gasteiger partial charge in [-0.1, -0.05) is 50.0 Å².